The van der Waals surface area contributed by atoms with E-state index < -0.39 is 6.89 Å². The molecule has 126 valence electrons. The lowest BCUT2D eigenvalue weighted by atomic mass is 10.4. The number of hydrogen-bond donors (Lipinski definition) is 2. The van der Waals surface area contributed by atoms with Crippen molar-refractivity contribution in [2.24, 2.45) is 0 Å². The molecule has 1 amide bonds. The fourth-order valence-corrected chi connectivity index (χ4v) is 6.67. The van der Waals surface area contributed by atoms with Crippen LogP contribution in [-0.2, 0) is 4.79 Å². The van der Waals surface area contributed by atoms with Gasteiger partial charge in [0.05, 0.1) is 0 Å². The van der Waals surface area contributed by atoms with Crippen LogP contribution >= 0.6 is 6.89 Å². The van der Waals surface area contributed by atoms with E-state index in [1.807, 2.05) is 54.6 Å². The second kappa shape index (κ2) is 7.98. The molecule has 0 spiro atoms. The Labute approximate surface area is 147 Å². The molecule has 3 aromatic rings. The van der Waals surface area contributed by atoms with E-state index in [4.69, 9.17) is 5.11 Å². The Morgan fingerprint density at radius 3 is 1.44 bits per heavy atom. The lowest BCUT2D eigenvalue weighted by molar-refractivity contribution is -0.115. The molecule has 25 heavy (non-hydrogen) atoms. The Hall–Kier alpha value is -2.61. The van der Waals surface area contributed by atoms with Gasteiger partial charge in [-0.2, -0.15) is 0 Å². The van der Waals surface area contributed by atoms with Crippen LogP contribution in [0.15, 0.2) is 91.0 Å². The fraction of sp³-hybridized carbons (Fsp3) is 0.0476. The van der Waals surface area contributed by atoms with E-state index in [1.165, 1.54) is 0 Å². The van der Waals surface area contributed by atoms with E-state index in [-0.39, 0.29) is 12.6 Å². The van der Waals surface area contributed by atoms with E-state index in [0.29, 0.717) is 0 Å². The molecule has 4 heteroatoms. The van der Waals surface area contributed by atoms with Gasteiger partial charge in [-0.15, -0.1) is 0 Å². The third kappa shape index (κ3) is 3.58. The zero-order chi connectivity index (χ0) is 17.5. The lowest BCUT2D eigenvalue weighted by Gasteiger charge is -2.28. The van der Waals surface area contributed by atoms with Gasteiger partial charge in [-0.1, -0.05) is 91.0 Å². The number of amides is 1. The van der Waals surface area contributed by atoms with Crippen LogP contribution < -0.4 is 21.2 Å². The van der Waals surface area contributed by atoms with Crippen molar-refractivity contribution < 1.29 is 9.90 Å². The van der Waals surface area contributed by atoms with Crippen LogP contribution in [-0.4, -0.2) is 23.5 Å². The molecule has 0 radical (unpaired) electrons. The summed E-state index contributed by atoms with van der Waals surface area (Å²) in [4.78, 5) is 12.5. The average Bonchev–Trinajstić information content (AvgIpc) is 2.68. The molecular formula is C21H20NO2P. The predicted molar refractivity (Wildman–Crippen MR) is 106 cm³/mol. The summed E-state index contributed by atoms with van der Waals surface area (Å²) in [7, 11) is 0. The first kappa shape index (κ1) is 17.2. The zero-order valence-electron chi connectivity index (χ0n) is 13.7. The number of hydrogen-bond acceptors (Lipinski definition) is 2. The lowest BCUT2D eigenvalue weighted by Crippen LogP contribution is -2.33. The minimum atomic E-state index is -2.29. The van der Waals surface area contributed by atoms with Crippen LogP contribution in [0.5, 0.6) is 0 Å². The highest BCUT2D eigenvalue weighted by atomic mass is 31.2. The maximum atomic E-state index is 12.5. The van der Waals surface area contributed by atoms with Gasteiger partial charge in [0.15, 0.2) is 0 Å². The highest BCUT2D eigenvalue weighted by molar-refractivity contribution is 7.95. The van der Waals surface area contributed by atoms with Crippen LogP contribution in [0.25, 0.3) is 0 Å². The third-order valence-corrected chi connectivity index (χ3v) is 8.01. The van der Waals surface area contributed by atoms with Crippen LogP contribution in [0.4, 0.5) is 0 Å². The summed E-state index contributed by atoms with van der Waals surface area (Å²) in [5.74, 6) is 1.48. The number of aliphatic hydroxyl groups excluding tert-OH is 1. The summed E-state index contributed by atoms with van der Waals surface area (Å²) in [5.41, 5.74) is 0. The summed E-state index contributed by atoms with van der Waals surface area (Å²) >= 11 is 0. The molecule has 3 aromatic carbocycles. The molecule has 0 saturated carbocycles. The van der Waals surface area contributed by atoms with Gasteiger partial charge in [0.1, 0.15) is 6.73 Å². The molecule has 3 nitrogen and oxygen atoms in total. The van der Waals surface area contributed by atoms with Gasteiger partial charge >= 0.3 is 0 Å². The van der Waals surface area contributed by atoms with Crippen LogP contribution in [0.3, 0.4) is 0 Å². The maximum absolute atomic E-state index is 12.5. The Kier molecular flexibility index (Phi) is 5.49. The number of benzene rings is 3. The van der Waals surface area contributed by atoms with Gasteiger partial charge in [-0.25, -0.2) is 0 Å². The topological polar surface area (TPSA) is 49.3 Å². The molecule has 0 fully saturated rings. The summed E-state index contributed by atoms with van der Waals surface area (Å²) < 4.78 is 0. The number of aliphatic hydroxyl groups is 1. The molecule has 0 aliphatic heterocycles. The van der Waals surface area contributed by atoms with Crippen molar-refractivity contribution in [1.82, 2.24) is 5.32 Å². The normalized spacial score (nSPS) is 10.9. The first-order valence-electron chi connectivity index (χ1n) is 8.07. The molecule has 0 heterocycles. The molecule has 0 atom stereocenters. The maximum Gasteiger partial charge on any atom is 0.246 e. The molecule has 0 aliphatic rings. The monoisotopic (exact) mass is 349 g/mol. The van der Waals surface area contributed by atoms with Gasteiger partial charge in [0, 0.05) is 5.80 Å². The molecule has 0 aliphatic carbocycles. The molecule has 0 saturated heterocycles. The largest absolute Gasteiger partial charge is 0.376 e. The highest BCUT2D eigenvalue weighted by Gasteiger charge is 2.26. The molecular weight excluding hydrogens is 329 g/mol. The van der Waals surface area contributed by atoms with Crippen molar-refractivity contribution in [1.29, 1.82) is 0 Å². The Balaban J connectivity index is 2.38. The summed E-state index contributed by atoms with van der Waals surface area (Å²) in [6.07, 6.45) is 0. The highest BCUT2D eigenvalue weighted by Crippen LogP contribution is 2.43. The number of nitrogens with one attached hydrogen (secondary N) is 1. The van der Waals surface area contributed by atoms with Crippen molar-refractivity contribution >= 4 is 34.5 Å². The predicted octanol–water partition coefficient (Wildman–Crippen LogP) is 1.85. The van der Waals surface area contributed by atoms with Gasteiger partial charge in [-0.3, -0.25) is 4.79 Å². The van der Waals surface area contributed by atoms with E-state index in [2.05, 4.69) is 41.7 Å². The van der Waals surface area contributed by atoms with E-state index in [0.717, 1.165) is 15.9 Å². The molecule has 0 unspecified atom stereocenters. The average molecular weight is 349 g/mol. The van der Waals surface area contributed by atoms with Crippen molar-refractivity contribution in [3.05, 3.63) is 91.0 Å². The van der Waals surface area contributed by atoms with Crippen LogP contribution in [0.2, 0.25) is 0 Å². The first-order valence-corrected chi connectivity index (χ1v) is 9.93. The number of carbonyl (C=O) groups is 1. The van der Waals surface area contributed by atoms with Crippen molar-refractivity contribution in [2.75, 3.05) is 6.73 Å². The van der Waals surface area contributed by atoms with Crippen molar-refractivity contribution in [2.45, 2.75) is 0 Å². The minimum Gasteiger partial charge on any atom is -0.376 e. The Morgan fingerprint density at radius 1 is 0.760 bits per heavy atom. The van der Waals surface area contributed by atoms with Gasteiger partial charge < -0.3 is 10.4 Å². The molecule has 0 bridgehead atoms. The molecule has 0 aromatic heterocycles. The summed E-state index contributed by atoms with van der Waals surface area (Å²) in [6.45, 7) is -2.67. The van der Waals surface area contributed by atoms with Crippen LogP contribution in [0, 0.1) is 0 Å². The van der Waals surface area contributed by atoms with E-state index in [1.54, 1.807) is 5.80 Å². The van der Waals surface area contributed by atoms with E-state index in [9.17, 15) is 4.79 Å². The first-order chi connectivity index (χ1) is 12.3. The third-order valence-electron chi connectivity index (χ3n) is 4.05. The standard InChI is InChI=1S/C21H20NO2P/c23-17-22-21(24)16-25(18-10-4-1-5-11-18,19-12-6-2-7-13-19)20-14-8-3-9-15-20/h1-16,23H,17H2,(H,22,24). The van der Waals surface area contributed by atoms with Crippen molar-refractivity contribution in [3.63, 3.8) is 0 Å². The number of carbonyl (C=O) groups excluding carboxylic acids is 1. The smallest absolute Gasteiger partial charge is 0.246 e. The second-order valence-electron chi connectivity index (χ2n) is 5.56. The summed E-state index contributed by atoms with van der Waals surface area (Å²) in [5, 5.41) is 14.9. The van der Waals surface area contributed by atoms with E-state index >= 15 is 0 Å². The molecule has 3 rings (SSSR count). The minimum absolute atomic E-state index is 0.271. The van der Waals surface area contributed by atoms with Gasteiger partial charge in [-0.05, 0) is 22.8 Å². The quantitative estimate of drug-likeness (QED) is 0.546. The number of rotatable bonds is 5. The second-order valence-corrected chi connectivity index (χ2v) is 8.81. The molecule has 2 N–H and O–H groups in total. The van der Waals surface area contributed by atoms with Gasteiger partial charge in [0.2, 0.25) is 5.91 Å². The fourth-order valence-electron chi connectivity index (χ4n) is 2.96. The zero-order valence-corrected chi connectivity index (χ0v) is 14.6. The van der Waals surface area contributed by atoms with Crippen molar-refractivity contribution in [3.8, 4) is 0 Å². The summed E-state index contributed by atoms with van der Waals surface area (Å²) in [6, 6.07) is 30.3. The van der Waals surface area contributed by atoms with Gasteiger partial charge in [0.25, 0.3) is 0 Å². The Bertz CT molecular complexity index is 774. The SMILES string of the molecule is O=C(C=P(c1ccccc1)(c1ccccc1)c1ccccc1)NCO. The van der Waals surface area contributed by atoms with Crippen LogP contribution in [0.1, 0.15) is 0 Å². The Morgan fingerprint density at radius 2 is 1.12 bits per heavy atom.